The molecular formula is C22H30FNO2. The fourth-order valence-electron chi connectivity index (χ4n) is 3.82. The van der Waals surface area contributed by atoms with E-state index < -0.39 is 5.82 Å². The average Bonchev–Trinajstić information content (AvgIpc) is 2.65. The first-order valence-corrected chi connectivity index (χ1v) is 10.0. The summed E-state index contributed by atoms with van der Waals surface area (Å²) < 4.78 is 18.7. The van der Waals surface area contributed by atoms with Crippen molar-refractivity contribution in [2.75, 3.05) is 0 Å². The third kappa shape index (κ3) is 6.78. The Morgan fingerprint density at radius 1 is 1.15 bits per heavy atom. The number of halogens is 1. The van der Waals surface area contributed by atoms with Crippen LogP contribution in [0.15, 0.2) is 18.2 Å². The summed E-state index contributed by atoms with van der Waals surface area (Å²) in [5.41, 5.74) is -0.0451. The smallest absolute Gasteiger partial charge is 0.311 e. The van der Waals surface area contributed by atoms with Crippen LogP contribution in [0.5, 0.6) is 5.75 Å². The first-order chi connectivity index (χ1) is 12.6. The van der Waals surface area contributed by atoms with Crippen molar-refractivity contribution in [2.45, 2.75) is 77.6 Å². The molecule has 2 rings (SSSR count). The van der Waals surface area contributed by atoms with Crippen molar-refractivity contribution in [1.29, 1.82) is 5.26 Å². The van der Waals surface area contributed by atoms with Crippen molar-refractivity contribution in [1.82, 2.24) is 0 Å². The molecule has 1 saturated carbocycles. The van der Waals surface area contributed by atoms with Gasteiger partial charge in [-0.05, 0) is 30.4 Å². The Bertz CT molecular complexity index is 615. The van der Waals surface area contributed by atoms with E-state index in [2.05, 4.69) is 6.92 Å². The number of benzene rings is 1. The van der Waals surface area contributed by atoms with Gasteiger partial charge >= 0.3 is 5.97 Å². The lowest BCUT2D eigenvalue weighted by Crippen LogP contribution is -2.17. The maximum absolute atomic E-state index is 13.5. The Morgan fingerprint density at radius 3 is 2.46 bits per heavy atom. The molecule has 0 aromatic heterocycles. The molecule has 4 heteroatoms. The minimum atomic E-state index is -0.657. The number of carbonyl (C=O) groups excluding carboxylic acids is 1. The largest absolute Gasteiger partial charge is 0.426 e. The second-order valence-corrected chi connectivity index (χ2v) is 7.50. The van der Waals surface area contributed by atoms with Gasteiger partial charge in [0.2, 0.25) is 0 Å². The van der Waals surface area contributed by atoms with Crippen LogP contribution in [0.1, 0.15) is 83.1 Å². The van der Waals surface area contributed by atoms with Crippen LogP contribution >= 0.6 is 0 Å². The number of unbranched alkanes of at least 4 members (excludes halogenated alkanes) is 3. The van der Waals surface area contributed by atoms with Gasteiger partial charge in [-0.25, -0.2) is 4.39 Å². The van der Waals surface area contributed by atoms with E-state index in [1.54, 1.807) is 6.07 Å². The van der Waals surface area contributed by atoms with Gasteiger partial charge < -0.3 is 4.74 Å². The van der Waals surface area contributed by atoms with Crippen LogP contribution in [-0.2, 0) is 4.79 Å². The third-order valence-electron chi connectivity index (χ3n) is 5.48. The molecule has 0 spiro atoms. The molecular weight excluding hydrogens is 329 g/mol. The molecule has 1 aromatic carbocycles. The fraction of sp³-hybridized carbons (Fsp3) is 0.636. The minimum Gasteiger partial charge on any atom is -0.426 e. The second-order valence-electron chi connectivity index (χ2n) is 7.50. The summed E-state index contributed by atoms with van der Waals surface area (Å²) >= 11 is 0. The number of nitrogens with zero attached hydrogens (tertiary/aromatic N) is 1. The quantitative estimate of drug-likeness (QED) is 0.301. The van der Waals surface area contributed by atoms with Gasteiger partial charge in [0.15, 0.2) is 0 Å². The molecule has 1 aliphatic rings. The normalized spacial score (nSPS) is 19.7. The SMILES string of the molecule is CCCCCCC1CCC(CCC(=O)Oc2ccc(C#N)c(F)c2)CC1. The van der Waals surface area contributed by atoms with Crippen LogP contribution in [0.3, 0.4) is 0 Å². The lowest BCUT2D eigenvalue weighted by atomic mass is 9.78. The van der Waals surface area contributed by atoms with Crippen molar-refractivity contribution in [2.24, 2.45) is 11.8 Å². The van der Waals surface area contributed by atoms with E-state index >= 15 is 0 Å². The number of ether oxygens (including phenoxy) is 1. The van der Waals surface area contributed by atoms with Gasteiger partial charge in [-0.15, -0.1) is 0 Å². The first-order valence-electron chi connectivity index (χ1n) is 10.0. The number of hydrogen-bond acceptors (Lipinski definition) is 3. The lowest BCUT2D eigenvalue weighted by molar-refractivity contribution is -0.134. The van der Waals surface area contributed by atoms with Gasteiger partial charge in [0.25, 0.3) is 0 Å². The highest BCUT2D eigenvalue weighted by Gasteiger charge is 2.21. The van der Waals surface area contributed by atoms with E-state index in [1.165, 1.54) is 69.9 Å². The Kier molecular flexibility index (Phi) is 8.61. The van der Waals surface area contributed by atoms with Crippen molar-refractivity contribution < 1.29 is 13.9 Å². The summed E-state index contributed by atoms with van der Waals surface area (Å²) in [5, 5.41) is 8.71. The van der Waals surface area contributed by atoms with E-state index in [1.807, 2.05) is 0 Å². The van der Waals surface area contributed by atoms with Crippen LogP contribution in [0, 0.1) is 29.0 Å². The van der Waals surface area contributed by atoms with Crippen LogP contribution in [0.25, 0.3) is 0 Å². The van der Waals surface area contributed by atoms with Crippen LogP contribution in [0.4, 0.5) is 4.39 Å². The van der Waals surface area contributed by atoms with Gasteiger partial charge in [-0.2, -0.15) is 5.26 Å². The standard InChI is InChI=1S/C22H30FNO2/c1-2-3-4-5-6-17-7-9-18(10-8-17)11-14-22(25)26-20-13-12-19(16-24)21(23)15-20/h12-13,15,17-18H,2-11,14H2,1H3. The zero-order valence-electron chi connectivity index (χ0n) is 15.8. The monoisotopic (exact) mass is 359 g/mol. The fourth-order valence-corrected chi connectivity index (χ4v) is 3.82. The zero-order chi connectivity index (χ0) is 18.8. The van der Waals surface area contributed by atoms with Crippen LogP contribution in [-0.4, -0.2) is 5.97 Å². The molecule has 0 radical (unpaired) electrons. The van der Waals surface area contributed by atoms with Crippen molar-refractivity contribution in [3.8, 4) is 11.8 Å². The molecule has 0 heterocycles. The predicted octanol–water partition coefficient (Wildman–Crippen LogP) is 6.16. The van der Waals surface area contributed by atoms with Gasteiger partial charge in [-0.3, -0.25) is 4.79 Å². The number of rotatable bonds is 9. The highest BCUT2D eigenvalue weighted by atomic mass is 19.1. The Balaban J connectivity index is 1.64. The maximum atomic E-state index is 13.5. The van der Waals surface area contributed by atoms with Gasteiger partial charge in [-0.1, -0.05) is 64.7 Å². The molecule has 26 heavy (non-hydrogen) atoms. The van der Waals surface area contributed by atoms with Crippen molar-refractivity contribution >= 4 is 5.97 Å². The molecule has 0 amide bonds. The summed E-state index contributed by atoms with van der Waals surface area (Å²) in [5.74, 6) is 0.664. The molecule has 0 atom stereocenters. The van der Waals surface area contributed by atoms with Gasteiger partial charge in [0.05, 0.1) is 5.56 Å². The van der Waals surface area contributed by atoms with Crippen LogP contribution in [0.2, 0.25) is 0 Å². The second kappa shape index (κ2) is 11.0. The molecule has 0 N–H and O–H groups in total. The molecule has 1 aliphatic carbocycles. The Labute approximate surface area is 156 Å². The Hall–Kier alpha value is -1.89. The summed E-state index contributed by atoms with van der Waals surface area (Å²) in [6, 6.07) is 5.64. The van der Waals surface area contributed by atoms with E-state index in [0.717, 1.165) is 18.4 Å². The van der Waals surface area contributed by atoms with E-state index in [-0.39, 0.29) is 17.3 Å². The summed E-state index contributed by atoms with van der Waals surface area (Å²) in [7, 11) is 0. The number of hydrogen-bond donors (Lipinski definition) is 0. The molecule has 3 nitrogen and oxygen atoms in total. The maximum Gasteiger partial charge on any atom is 0.311 e. The van der Waals surface area contributed by atoms with E-state index in [4.69, 9.17) is 10.00 Å². The number of carbonyl (C=O) groups is 1. The van der Waals surface area contributed by atoms with Gasteiger partial charge in [0.1, 0.15) is 17.6 Å². The van der Waals surface area contributed by atoms with Gasteiger partial charge in [0, 0.05) is 12.5 Å². The number of esters is 1. The highest BCUT2D eigenvalue weighted by molar-refractivity contribution is 5.72. The Morgan fingerprint density at radius 2 is 1.85 bits per heavy atom. The highest BCUT2D eigenvalue weighted by Crippen LogP contribution is 2.34. The van der Waals surface area contributed by atoms with E-state index in [9.17, 15) is 9.18 Å². The molecule has 0 bridgehead atoms. The van der Waals surface area contributed by atoms with Crippen LogP contribution < -0.4 is 4.74 Å². The topological polar surface area (TPSA) is 50.1 Å². The summed E-state index contributed by atoms with van der Waals surface area (Å²) in [6.07, 6.45) is 12.9. The average molecular weight is 359 g/mol. The zero-order valence-corrected chi connectivity index (χ0v) is 15.8. The summed E-state index contributed by atoms with van der Waals surface area (Å²) in [4.78, 5) is 12.0. The predicted molar refractivity (Wildman–Crippen MR) is 100 cm³/mol. The number of nitriles is 1. The first kappa shape index (κ1) is 20.4. The van der Waals surface area contributed by atoms with Crippen molar-refractivity contribution in [3.05, 3.63) is 29.6 Å². The van der Waals surface area contributed by atoms with Crippen molar-refractivity contribution in [3.63, 3.8) is 0 Å². The molecule has 1 fully saturated rings. The minimum absolute atomic E-state index is 0.0451. The lowest BCUT2D eigenvalue weighted by Gasteiger charge is -2.28. The third-order valence-corrected chi connectivity index (χ3v) is 5.48. The molecule has 0 unspecified atom stereocenters. The summed E-state index contributed by atoms with van der Waals surface area (Å²) in [6.45, 7) is 2.24. The molecule has 0 saturated heterocycles. The van der Waals surface area contributed by atoms with E-state index in [0.29, 0.717) is 12.3 Å². The molecule has 142 valence electrons. The molecule has 1 aromatic rings. The molecule has 0 aliphatic heterocycles.